The standard InChI is InChI=1S/C10H8Br2O6/c1-17-7-3(9(13)14)6(12)8(18-2)4(5(7)11)10(15)16/h1-2H3,(H,13,14)(H,15,16). The van der Waals surface area contributed by atoms with Crippen molar-refractivity contribution in [3.8, 4) is 11.5 Å². The van der Waals surface area contributed by atoms with Crippen LogP contribution in [0.2, 0.25) is 0 Å². The third-order valence-electron chi connectivity index (χ3n) is 2.13. The van der Waals surface area contributed by atoms with Gasteiger partial charge in [0.1, 0.15) is 22.6 Å². The Morgan fingerprint density at radius 3 is 1.33 bits per heavy atom. The molecule has 0 aromatic heterocycles. The molecule has 0 radical (unpaired) electrons. The molecule has 1 aromatic rings. The van der Waals surface area contributed by atoms with Crippen LogP contribution in [0.4, 0.5) is 0 Å². The molecule has 8 heteroatoms. The van der Waals surface area contributed by atoms with Crippen LogP contribution in [0.5, 0.6) is 11.5 Å². The number of carboxylic acid groups (broad SMARTS) is 2. The Morgan fingerprint density at radius 2 is 1.17 bits per heavy atom. The average Bonchev–Trinajstić information content (AvgIpc) is 2.29. The Morgan fingerprint density at radius 1 is 0.889 bits per heavy atom. The highest BCUT2D eigenvalue weighted by atomic mass is 79.9. The van der Waals surface area contributed by atoms with Gasteiger partial charge in [-0.1, -0.05) is 0 Å². The van der Waals surface area contributed by atoms with E-state index in [4.69, 9.17) is 19.7 Å². The normalized spacial score (nSPS) is 10.0. The molecule has 0 spiro atoms. The van der Waals surface area contributed by atoms with E-state index in [1.807, 2.05) is 0 Å². The number of methoxy groups -OCH3 is 2. The first-order chi connectivity index (χ1) is 8.36. The molecule has 0 unspecified atom stereocenters. The zero-order valence-electron chi connectivity index (χ0n) is 9.28. The number of benzene rings is 1. The fraction of sp³-hybridized carbons (Fsp3) is 0.200. The summed E-state index contributed by atoms with van der Waals surface area (Å²) < 4.78 is 9.88. The summed E-state index contributed by atoms with van der Waals surface area (Å²) in [5, 5.41) is 18.2. The van der Waals surface area contributed by atoms with E-state index in [0.717, 1.165) is 0 Å². The lowest BCUT2D eigenvalue weighted by atomic mass is 10.1. The summed E-state index contributed by atoms with van der Waals surface area (Å²) in [5.41, 5.74) is -0.433. The van der Waals surface area contributed by atoms with Gasteiger partial charge in [0.2, 0.25) is 0 Å². The van der Waals surface area contributed by atoms with E-state index >= 15 is 0 Å². The zero-order chi connectivity index (χ0) is 14.0. The Kier molecular flexibility index (Phi) is 4.58. The van der Waals surface area contributed by atoms with Gasteiger partial charge in [-0.15, -0.1) is 0 Å². The summed E-state index contributed by atoms with van der Waals surface area (Å²) >= 11 is 6.03. The summed E-state index contributed by atoms with van der Waals surface area (Å²) in [6.45, 7) is 0. The van der Waals surface area contributed by atoms with Crippen LogP contribution in [-0.4, -0.2) is 36.4 Å². The van der Waals surface area contributed by atoms with Gasteiger partial charge in [0.05, 0.1) is 23.2 Å². The van der Waals surface area contributed by atoms with Crippen molar-refractivity contribution in [3.63, 3.8) is 0 Å². The average molecular weight is 384 g/mol. The first-order valence-electron chi connectivity index (χ1n) is 4.46. The smallest absolute Gasteiger partial charge is 0.340 e. The van der Waals surface area contributed by atoms with Crippen molar-refractivity contribution in [2.45, 2.75) is 0 Å². The van der Waals surface area contributed by atoms with Crippen LogP contribution in [0.15, 0.2) is 8.95 Å². The maximum atomic E-state index is 11.2. The molecule has 1 rings (SSSR count). The molecule has 98 valence electrons. The number of carboxylic acids is 2. The number of hydrogen-bond acceptors (Lipinski definition) is 4. The highest BCUT2D eigenvalue weighted by molar-refractivity contribution is 9.11. The lowest BCUT2D eigenvalue weighted by Gasteiger charge is -2.16. The lowest BCUT2D eigenvalue weighted by molar-refractivity contribution is 0.0672. The minimum atomic E-state index is -1.27. The zero-order valence-corrected chi connectivity index (χ0v) is 12.5. The second-order valence-corrected chi connectivity index (χ2v) is 4.64. The molecule has 0 saturated heterocycles. The Bertz CT molecular complexity index is 478. The molecule has 0 atom stereocenters. The Balaban J connectivity index is 3.85. The van der Waals surface area contributed by atoms with Crippen LogP contribution in [0.1, 0.15) is 20.7 Å². The molecule has 0 heterocycles. The monoisotopic (exact) mass is 382 g/mol. The Hall–Kier alpha value is -1.28. The van der Waals surface area contributed by atoms with Crippen molar-refractivity contribution in [1.82, 2.24) is 0 Å². The van der Waals surface area contributed by atoms with Gasteiger partial charge >= 0.3 is 11.9 Å². The topological polar surface area (TPSA) is 93.1 Å². The molecule has 18 heavy (non-hydrogen) atoms. The molecule has 0 amide bonds. The second kappa shape index (κ2) is 5.57. The number of carbonyl (C=O) groups is 2. The minimum absolute atomic E-state index is 0.00921. The molecule has 6 nitrogen and oxygen atoms in total. The van der Waals surface area contributed by atoms with Crippen molar-refractivity contribution in [3.05, 3.63) is 20.1 Å². The molecule has 0 aliphatic rings. The van der Waals surface area contributed by atoms with Crippen molar-refractivity contribution in [2.24, 2.45) is 0 Å². The van der Waals surface area contributed by atoms with Gasteiger partial charge < -0.3 is 19.7 Å². The van der Waals surface area contributed by atoms with Crippen LogP contribution in [0, 0.1) is 0 Å². The van der Waals surface area contributed by atoms with Crippen molar-refractivity contribution >= 4 is 43.8 Å². The van der Waals surface area contributed by atoms with E-state index in [2.05, 4.69) is 31.9 Å². The van der Waals surface area contributed by atoms with Crippen molar-refractivity contribution in [2.75, 3.05) is 14.2 Å². The van der Waals surface area contributed by atoms with E-state index in [-0.39, 0.29) is 31.6 Å². The molecule has 1 aromatic carbocycles. The van der Waals surface area contributed by atoms with Crippen LogP contribution < -0.4 is 9.47 Å². The lowest BCUT2D eigenvalue weighted by Crippen LogP contribution is -2.10. The number of halogens is 2. The van der Waals surface area contributed by atoms with Gasteiger partial charge in [-0.05, 0) is 31.9 Å². The van der Waals surface area contributed by atoms with Gasteiger partial charge in [0.15, 0.2) is 0 Å². The predicted molar refractivity (Wildman–Crippen MR) is 68.9 cm³/mol. The van der Waals surface area contributed by atoms with E-state index in [1.54, 1.807) is 0 Å². The number of hydrogen-bond donors (Lipinski definition) is 2. The number of aromatic carboxylic acids is 2. The van der Waals surface area contributed by atoms with Crippen LogP contribution in [0.3, 0.4) is 0 Å². The molecule has 0 fully saturated rings. The molecule has 0 aliphatic heterocycles. The van der Waals surface area contributed by atoms with Crippen LogP contribution in [0.25, 0.3) is 0 Å². The Labute approximate surface area is 119 Å². The van der Waals surface area contributed by atoms with Crippen molar-refractivity contribution < 1.29 is 29.3 Å². The van der Waals surface area contributed by atoms with E-state index < -0.39 is 11.9 Å². The van der Waals surface area contributed by atoms with Gasteiger partial charge in [-0.2, -0.15) is 0 Å². The van der Waals surface area contributed by atoms with E-state index in [0.29, 0.717) is 0 Å². The summed E-state index contributed by atoms with van der Waals surface area (Å²) in [6, 6.07) is 0. The summed E-state index contributed by atoms with van der Waals surface area (Å²) in [4.78, 5) is 22.3. The van der Waals surface area contributed by atoms with Gasteiger partial charge in [0, 0.05) is 0 Å². The molecular formula is C10H8Br2O6. The molecule has 2 N–H and O–H groups in total. The summed E-state index contributed by atoms with van der Waals surface area (Å²) in [6.07, 6.45) is 0. The van der Waals surface area contributed by atoms with Gasteiger partial charge in [-0.25, -0.2) is 9.59 Å². The fourth-order valence-electron chi connectivity index (χ4n) is 1.41. The third kappa shape index (κ3) is 2.30. The number of rotatable bonds is 4. The maximum absolute atomic E-state index is 11.2. The van der Waals surface area contributed by atoms with Crippen LogP contribution >= 0.6 is 31.9 Å². The van der Waals surface area contributed by atoms with E-state index in [9.17, 15) is 9.59 Å². The summed E-state index contributed by atoms with van der Waals surface area (Å²) in [5.74, 6) is -2.72. The first-order valence-corrected chi connectivity index (χ1v) is 6.04. The molecule has 0 bridgehead atoms. The maximum Gasteiger partial charge on any atom is 0.340 e. The highest BCUT2D eigenvalue weighted by Crippen LogP contribution is 2.44. The van der Waals surface area contributed by atoms with Gasteiger partial charge in [-0.3, -0.25) is 0 Å². The molecular weight excluding hydrogens is 376 g/mol. The minimum Gasteiger partial charge on any atom is -0.495 e. The number of ether oxygens (including phenoxy) is 2. The SMILES string of the molecule is COc1c(Br)c(C(=O)O)c(OC)c(Br)c1C(=O)O. The fourth-order valence-corrected chi connectivity index (χ4v) is 2.83. The first kappa shape index (κ1) is 14.8. The van der Waals surface area contributed by atoms with E-state index in [1.165, 1.54) is 14.2 Å². The predicted octanol–water partition coefficient (Wildman–Crippen LogP) is 2.63. The summed E-state index contributed by atoms with van der Waals surface area (Å²) in [7, 11) is 2.49. The third-order valence-corrected chi connectivity index (χ3v) is 3.64. The largest absolute Gasteiger partial charge is 0.495 e. The molecule has 0 aliphatic carbocycles. The quantitative estimate of drug-likeness (QED) is 0.830. The molecule has 0 saturated carbocycles. The van der Waals surface area contributed by atoms with Crippen LogP contribution in [-0.2, 0) is 0 Å². The second-order valence-electron chi connectivity index (χ2n) is 3.05. The van der Waals surface area contributed by atoms with Gasteiger partial charge in [0.25, 0.3) is 0 Å². The van der Waals surface area contributed by atoms with Crippen molar-refractivity contribution in [1.29, 1.82) is 0 Å². The highest BCUT2D eigenvalue weighted by Gasteiger charge is 2.30.